The van der Waals surface area contributed by atoms with Crippen LogP contribution in [0, 0.1) is 5.92 Å². The second kappa shape index (κ2) is 8.22. The van der Waals surface area contributed by atoms with Crippen LogP contribution in [0.1, 0.15) is 24.8 Å². The number of nitrogens with zero attached hydrogens (tertiary/aromatic N) is 2. The van der Waals surface area contributed by atoms with Crippen molar-refractivity contribution in [1.29, 1.82) is 0 Å². The van der Waals surface area contributed by atoms with Crippen molar-refractivity contribution in [3.8, 4) is 5.75 Å². The Balaban J connectivity index is 1.37. The highest BCUT2D eigenvalue weighted by molar-refractivity contribution is 7.89. The minimum atomic E-state index is -3.81. The van der Waals surface area contributed by atoms with Gasteiger partial charge in [-0.3, -0.25) is 9.59 Å². The molecule has 0 radical (unpaired) electrons. The number of nitrogens with one attached hydrogen (secondary N) is 1. The van der Waals surface area contributed by atoms with Gasteiger partial charge < -0.3 is 15.0 Å². The number of hydrogen-bond donors (Lipinski definition) is 1. The maximum atomic E-state index is 13.4. The first-order valence-electron chi connectivity index (χ1n) is 10.9. The van der Waals surface area contributed by atoms with Gasteiger partial charge in [-0.25, -0.2) is 8.42 Å². The SMILES string of the molecule is O=C1COc2ccc(S(=O)(=O)N3CCC[C@H](C(=O)N4CCCc5ccccc54)C3)cc2N1. The standard InChI is InChI=1S/C23H25N3O5S/c27-22-15-31-21-10-9-18(13-19(21)24-22)32(29,30)25-11-3-7-17(14-25)23(28)26-12-4-6-16-5-1-2-8-20(16)26/h1-2,5,8-10,13,17H,3-4,6-7,11-12,14-15H2,(H,24,27)/t17-/m0/s1. The maximum Gasteiger partial charge on any atom is 0.262 e. The van der Waals surface area contributed by atoms with Crippen molar-refractivity contribution >= 4 is 33.2 Å². The summed E-state index contributed by atoms with van der Waals surface area (Å²) in [6.07, 6.45) is 3.14. The number of hydrogen-bond acceptors (Lipinski definition) is 5. The summed E-state index contributed by atoms with van der Waals surface area (Å²) < 4.78 is 33.4. The van der Waals surface area contributed by atoms with E-state index in [4.69, 9.17) is 4.74 Å². The van der Waals surface area contributed by atoms with E-state index in [2.05, 4.69) is 5.32 Å². The Morgan fingerprint density at radius 3 is 2.81 bits per heavy atom. The Labute approximate surface area is 187 Å². The fourth-order valence-electron chi connectivity index (χ4n) is 4.72. The monoisotopic (exact) mass is 455 g/mol. The lowest BCUT2D eigenvalue weighted by atomic mass is 9.95. The van der Waals surface area contributed by atoms with Crippen molar-refractivity contribution in [3.05, 3.63) is 48.0 Å². The van der Waals surface area contributed by atoms with Gasteiger partial charge in [0.05, 0.1) is 16.5 Å². The summed E-state index contributed by atoms with van der Waals surface area (Å²) in [5, 5.41) is 2.65. The highest BCUT2D eigenvalue weighted by Gasteiger charge is 2.36. The summed E-state index contributed by atoms with van der Waals surface area (Å²) >= 11 is 0. The van der Waals surface area contributed by atoms with Crippen LogP contribution in [0.4, 0.5) is 11.4 Å². The van der Waals surface area contributed by atoms with Crippen molar-refractivity contribution in [3.63, 3.8) is 0 Å². The Hall–Kier alpha value is -2.91. The molecule has 1 fully saturated rings. The van der Waals surface area contributed by atoms with Gasteiger partial charge >= 0.3 is 0 Å². The van der Waals surface area contributed by atoms with E-state index in [-0.39, 0.29) is 35.8 Å². The van der Waals surface area contributed by atoms with Crippen LogP contribution >= 0.6 is 0 Å². The van der Waals surface area contributed by atoms with Crippen LogP contribution in [-0.2, 0) is 26.0 Å². The van der Waals surface area contributed by atoms with Crippen LogP contribution in [0.5, 0.6) is 5.75 Å². The van der Waals surface area contributed by atoms with Gasteiger partial charge in [-0.1, -0.05) is 18.2 Å². The van der Waals surface area contributed by atoms with Gasteiger partial charge in [-0.15, -0.1) is 0 Å². The normalized spacial score (nSPS) is 21.2. The van der Waals surface area contributed by atoms with E-state index in [9.17, 15) is 18.0 Å². The van der Waals surface area contributed by atoms with Gasteiger partial charge in [-0.2, -0.15) is 4.31 Å². The molecule has 0 spiro atoms. The third kappa shape index (κ3) is 3.75. The molecule has 1 saturated heterocycles. The minimum absolute atomic E-state index is 0.0110. The number of rotatable bonds is 3. The second-order valence-electron chi connectivity index (χ2n) is 8.42. The number of para-hydroxylation sites is 1. The average molecular weight is 456 g/mol. The van der Waals surface area contributed by atoms with Gasteiger partial charge in [0.25, 0.3) is 5.91 Å². The number of carbonyl (C=O) groups is 2. The first kappa shape index (κ1) is 21.0. The van der Waals surface area contributed by atoms with Crippen LogP contribution in [0.15, 0.2) is 47.4 Å². The molecule has 0 unspecified atom stereocenters. The van der Waals surface area contributed by atoms with E-state index in [0.29, 0.717) is 37.4 Å². The smallest absolute Gasteiger partial charge is 0.262 e. The molecule has 5 rings (SSSR count). The number of ether oxygens (including phenoxy) is 1. The molecule has 1 N–H and O–H groups in total. The summed E-state index contributed by atoms with van der Waals surface area (Å²) in [5.74, 6) is -0.273. The molecular formula is C23H25N3O5S. The third-order valence-electron chi connectivity index (χ3n) is 6.33. The average Bonchev–Trinajstić information content (AvgIpc) is 2.82. The van der Waals surface area contributed by atoms with Crippen LogP contribution in [0.3, 0.4) is 0 Å². The molecule has 0 aliphatic carbocycles. The number of fused-ring (bicyclic) bond motifs is 2. The zero-order chi connectivity index (χ0) is 22.3. The summed E-state index contributed by atoms with van der Waals surface area (Å²) in [4.78, 5) is 26.9. The number of carbonyl (C=O) groups excluding carboxylic acids is 2. The van der Waals surface area contributed by atoms with E-state index in [1.165, 1.54) is 16.4 Å². The summed E-state index contributed by atoms with van der Waals surface area (Å²) in [7, 11) is -3.81. The molecule has 0 saturated carbocycles. The fraction of sp³-hybridized carbons (Fsp3) is 0.391. The fourth-order valence-corrected chi connectivity index (χ4v) is 6.27. The lowest BCUT2D eigenvalue weighted by Crippen LogP contribution is -2.48. The number of amides is 2. The Morgan fingerprint density at radius 1 is 1.09 bits per heavy atom. The van der Waals surface area contributed by atoms with Crippen LogP contribution in [0.2, 0.25) is 0 Å². The molecule has 2 aromatic rings. The van der Waals surface area contributed by atoms with E-state index in [1.807, 2.05) is 29.2 Å². The quantitative estimate of drug-likeness (QED) is 0.767. The van der Waals surface area contributed by atoms with Crippen LogP contribution < -0.4 is 15.0 Å². The Bertz CT molecular complexity index is 1180. The highest BCUT2D eigenvalue weighted by Crippen LogP contribution is 2.34. The van der Waals surface area contributed by atoms with E-state index in [0.717, 1.165) is 24.1 Å². The van der Waals surface area contributed by atoms with Crippen LogP contribution in [-0.4, -0.2) is 50.8 Å². The van der Waals surface area contributed by atoms with Crippen molar-refractivity contribution in [1.82, 2.24) is 4.31 Å². The topological polar surface area (TPSA) is 96.0 Å². The molecule has 32 heavy (non-hydrogen) atoms. The predicted molar refractivity (Wildman–Crippen MR) is 119 cm³/mol. The molecule has 1 atom stereocenters. The number of benzene rings is 2. The van der Waals surface area contributed by atoms with E-state index < -0.39 is 10.0 Å². The molecule has 168 valence electrons. The van der Waals surface area contributed by atoms with Gasteiger partial charge in [-0.05, 0) is 55.5 Å². The molecule has 3 heterocycles. The van der Waals surface area contributed by atoms with Crippen molar-refractivity contribution < 1.29 is 22.7 Å². The molecule has 3 aliphatic heterocycles. The van der Waals surface area contributed by atoms with Gasteiger partial charge in [0.15, 0.2) is 6.61 Å². The Morgan fingerprint density at radius 2 is 1.94 bits per heavy atom. The third-order valence-corrected chi connectivity index (χ3v) is 8.19. The zero-order valence-electron chi connectivity index (χ0n) is 17.6. The Kier molecular flexibility index (Phi) is 5.38. The summed E-state index contributed by atoms with van der Waals surface area (Å²) in [6, 6.07) is 12.4. The molecule has 2 aromatic carbocycles. The molecule has 2 amide bonds. The molecule has 8 nitrogen and oxygen atoms in total. The van der Waals surface area contributed by atoms with Gasteiger partial charge in [0.1, 0.15) is 5.75 Å². The first-order valence-corrected chi connectivity index (χ1v) is 12.3. The molecule has 3 aliphatic rings. The molecule has 9 heteroatoms. The van der Waals surface area contributed by atoms with E-state index in [1.54, 1.807) is 6.07 Å². The summed E-state index contributed by atoms with van der Waals surface area (Å²) in [5.41, 5.74) is 2.44. The lowest BCUT2D eigenvalue weighted by molar-refractivity contribution is -0.123. The first-order chi connectivity index (χ1) is 15.4. The van der Waals surface area contributed by atoms with E-state index >= 15 is 0 Å². The molecule has 0 aromatic heterocycles. The number of aryl methyl sites for hydroxylation is 1. The zero-order valence-corrected chi connectivity index (χ0v) is 18.4. The van der Waals surface area contributed by atoms with Crippen molar-refractivity contribution in [2.45, 2.75) is 30.6 Å². The van der Waals surface area contributed by atoms with Crippen molar-refractivity contribution in [2.75, 3.05) is 36.5 Å². The number of piperidine rings is 1. The largest absolute Gasteiger partial charge is 0.482 e. The van der Waals surface area contributed by atoms with Crippen LogP contribution in [0.25, 0.3) is 0 Å². The van der Waals surface area contributed by atoms with Gasteiger partial charge in [0.2, 0.25) is 15.9 Å². The van der Waals surface area contributed by atoms with Gasteiger partial charge in [0, 0.05) is 25.3 Å². The molecule has 0 bridgehead atoms. The summed E-state index contributed by atoms with van der Waals surface area (Å²) in [6.45, 7) is 1.08. The predicted octanol–water partition coefficient (Wildman–Crippen LogP) is 2.40. The molecular weight excluding hydrogens is 430 g/mol. The second-order valence-corrected chi connectivity index (χ2v) is 10.4. The highest BCUT2D eigenvalue weighted by atomic mass is 32.2. The lowest BCUT2D eigenvalue weighted by Gasteiger charge is -2.36. The number of sulfonamides is 1. The maximum absolute atomic E-state index is 13.4. The minimum Gasteiger partial charge on any atom is -0.482 e. The number of anilines is 2. The van der Waals surface area contributed by atoms with Crippen molar-refractivity contribution in [2.24, 2.45) is 5.92 Å².